The van der Waals surface area contributed by atoms with Crippen molar-refractivity contribution in [3.8, 4) is 5.75 Å². The Morgan fingerprint density at radius 2 is 1.63 bits per heavy atom. The second kappa shape index (κ2) is 9.34. The van der Waals surface area contributed by atoms with E-state index in [0.717, 1.165) is 11.3 Å². The van der Waals surface area contributed by atoms with Gasteiger partial charge in [0.25, 0.3) is 10.0 Å². The van der Waals surface area contributed by atoms with Gasteiger partial charge in [-0.15, -0.1) is 0 Å². The summed E-state index contributed by atoms with van der Waals surface area (Å²) in [7, 11) is -2.34. The number of benzene rings is 3. The maximum atomic E-state index is 12.6. The van der Waals surface area contributed by atoms with Gasteiger partial charge in [-0.3, -0.25) is 9.52 Å². The minimum absolute atomic E-state index is 0.0577. The van der Waals surface area contributed by atoms with Crippen LogP contribution in [0.1, 0.15) is 15.9 Å². The predicted molar refractivity (Wildman–Crippen MR) is 120 cm³/mol. The average Bonchev–Trinajstić information content (AvgIpc) is 2.74. The van der Waals surface area contributed by atoms with E-state index in [1.165, 1.54) is 48.5 Å². The van der Waals surface area contributed by atoms with Crippen LogP contribution in [0.5, 0.6) is 5.75 Å². The number of ether oxygens (including phenoxy) is 1. The van der Waals surface area contributed by atoms with Crippen molar-refractivity contribution in [3.63, 3.8) is 0 Å². The van der Waals surface area contributed by atoms with Gasteiger partial charge in [0.2, 0.25) is 0 Å². The molecule has 8 heteroatoms. The highest BCUT2D eigenvalue weighted by atomic mass is 35.5. The minimum Gasteiger partial charge on any atom is -0.497 e. The Bertz CT molecular complexity index is 1190. The lowest BCUT2D eigenvalue weighted by Crippen LogP contribution is -2.13. The molecule has 3 aromatic carbocycles. The maximum Gasteiger partial charge on any atom is 0.263 e. The van der Waals surface area contributed by atoms with Gasteiger partial charge in [0.05, 0.1) is 12.1 Å². The summed E-state index contributed by atoms with van der Waals surface area (Å²) >= 11 is 11.8. The van der Waals surface area contributed by atoms with Crippen LogP contribution in [0.15, 0.2) is 77.7 Å². The van der Waals surface area contributed by atoms with E-state index in [-0.39, 0.29) is 20.7 Å². The third kappa shape index (κ3) is 5.42. The molecule has 0 bridgehead atoms. The van der Waals surface area contributed by atoms with Crippen LogP contribution in [0.3, 0.4) is 0 Å². The standard InChI is InChI=1S/C22H17Cl2NO4S/c1-29-19-10-2-15(3-11-19)4-13-21(26)16-5-8-18(9-6-16)25-30(27,28)22-14-17(23)7-12-20(22)24/h2-14,25H,1H3/b13-4+. The smallest absolute Gasteiger partial charge is 0.263 e. The molecule has 0 unspecified atom stereocenters. The number of hydrogen-bond acceptors (Lipinski definition) is 4. The number of carbonyl (C=O) groups excluding carboxylic acids is 1. The second-order valence-electron chi connectivity index (χ2n) is 6.23. The number of anilines is 1. The molecule has 5 nitrogen and oxygen atoms in total. The van der Waals surface area contributed by atoms with E-state index < -0.39 is 10.0 Å². The van der Waals surface area contributed by atoms with E-state index >= 15 is 0 Å². The lowest BCUT2D eigenvalue weighted by Gasteiger charge is -2.10. The van der Waals surface area contributed by atoms with Gasteiger partial charge in [-0.25, -0.2) is 8.42 Å². The molecule has 0 aliphatic rings. The molecular weight excluding hydrogens is 445 g/mol. The monoisotopic (exact) mass is 461 g/mol. The second-order valence-corrected chi connectivity index (χ2v) is 8.72. The SMILES string of the molecule is COc1ccc(/C=C/C(=O)c2ccc(NS(=O)(=O)c3cc(Cl)ccc3Cl)cc2)cc1. The third-order valence-corrected chi connectivity index (χ3v) is 6.25. The zero-order chi connectivity index (χ0) is 21.7. The number of nitrogens with one attached hydrogen (secondary N) is 1. The molecule has 0 atom stereocenters. The van der Waals surface area contributed by atoms with E-state index in [0.29, 0.717) is 11.3 Å². The first kappa shape index (κ1) is 21.9. The molecule has 0 heterocycles. The fourth-order valence-corrected chi connectivity index (χ4v) is 4.40. The highest BCUT2D eigenvalue weighted by molar-refractivity contribution is 7.92. The van der Waals surface area contributed by atoms with Crippen LogP contribution in [0.25, 0.3) is 6.08 Å². The lowest BCUT2D eigenvalue weighted by molar-refractivity contribution is 0.104. The van der Waals surface area contributed by atoms with Gasteiger partial charge in [-0.05, 0) is 66.2 Å². The highest BCUT2D eigenvalue weighted by Gasteiger charge is 2.18. The first-order valence-electron chi connectivity index (χ1n) is 8.73. The molecule has 0 aromatic heterocycles. The predicted octanol–water partition coefficient (Wildman–Crippen LogP) is 5.70. The van der Waals surface area contributed by atoms with Gasteiger partial charge >= 0.3 is 0 Å². The molecule has 30 heavy (non-hydrogen) atoms. The maximum absolute atomic E-state index is 12.6. The number of sulfonamides is 1. The Balaban J connectivity index is 1.71. The van der Waals surface area contributed by atoms with Crippen molar-refractivity contribution < 1.29 is 17.9 Å². The van der Waals surface area contributed by atoms with E-state index in [4.69, 9.17) is 27.9 Å². The number of carbonyl (C=O) groups is 1. The Morgan fingerprint density at radius 3 is 2.27 bits per heavy atom. The van der Waals surface area contributed by atoms with Gasteiger partial charge < -0.3 is 4.74 Å². The van der Waals surface area contributed by atoms with Crippen LogP contribution in [0, 0.1) is 0 Å². The molecule has 0 aliphatic carbocycles. The van der Waals surface area contributed by atoms with Crippen LogP contribution in [-0.4, -0.2) is 21.3 Å². The number of allylic oxidation sites excluding steroid dienone is 1. The Kier molecular flexibility index (Phi) is 6.82. The number of hydrogen-bond donors (Lipinski definition) is 1. The van der Waals surface area contributed by atoms with Gasteiger partial charge in [0, 0.05) is 16.3 Å². The Morgan fingerprint density at radius 1 is 0.967 bits per heavy atom. The van der Waals surface area contributed by atoms with Crippen LogP contribution in [0.4, 0.5) is 5.69 Å². The molecule has 0 aliphatic heterocycles. The largest absolute Gasteiger partial charge is 0.497 e. The van der Waals surface area contributed by atoms with Crippen molar-refractivity contribution in [2.24, 2.45) is 0 Å². The normalized spacial score (nSPS) is 11.4. The molecule has 0 spiro atoms. The van der Waals surface area contributed by atoms with Gasteiger partial charge in [-0.1, -0.05) is 41.4 Å². The van der Waals surface area contributed by atoms with Crippen LogP contribution >= 0.6 is 23.2 Å². The van der Waals surface area contributed by atoms with Crippen LogP contribution in [0.2, 0.25) is 10.0 Å². The molecule has 0 amide bonds. The van der Waals surface area contributed by atoms with Gasteiger partial charge in [-0.2, -0.15) is 0 Å². The van der Waals surface area contributed by atoms with Crippen molar-refractivity contribution >= 4 is 50.8 Å². The molecule has 0 radical (unpaired) electrons. The zero-order valence-corrected chi connectivity index (χ0v) is 18.1. The lowest BCUT2D eigenvalue weighted by atomic mass is 10.1. The fourth-order valence-electron chi connectivity index (χ4n) is 2.58. The average molecular weight is 462 g/mol. The van der Waals surface area contributed by atoms with Crippen LogP contribution in [-0.2, 0) is 10.0 Å². The van der Waals surface area contributed by atoms with Crippen molar-refractivity contribution in [3.05, 3.63) is 94.0 Å². The number of ketones is 1. The summed E-state index contributed by atoms with van der Waals surface area (Å²) in [5, 5.41) is 0.312. The fraction of sp³-hybridized carbons (Fsp3) is 0.0455. The zero-order valence-electron chi connectivity index (χ0n) is 15.8. The quantitative estimate of drug-likeness (QED) is 0.361. The molecule has 0 fully saturated rings. The summed E-state index contributed by atoms with van der Waals surface area (Å²) in [6.45, 7) is 0. The summed E-state index contributed by atoms with van der Waals surface area (Å²) in [4.78, 5) is 12.2. The van der Waals surface area contributed by atoms with Crippen molar-refractivity contribution in [1.82, 2.24) is 0 Å². The first-order valence-corrected chi connectivity index (χ1v) is 11.0. The van der Waals surface area contributed by atoms with Gasteiger partial charge in [0.15, 0.2) is 5.78 Å². The minimum atomic E-state index is -3.93. The first-order chi connectivity index (χ1) is 14.3. The summed E-state index contributed by atoms with van der Waals surface area (Å²) in [6.07, 6.45) is 3.15. The van der Waals surface area contributed by atoms with E-state index in [1.807, 2.05) is 12.1 Å². The van der Waals surface area contributed by atoms with Gasteiger partial charge in [0.1, 0.15) is 10.6 Å². The van der Waals surface area contributed by atoms with E-state index in [9.17, 15) is 13.2 Å². The number of halogens is 2. The summed E-state index contributed by atoms with van der Waals surface area (Å²) in [5.41, 5.74) is 1.57. The molecule has 154 valence electrons. The van der Waals surface area contributed by atoms with E-state index in [2.05, 4.69) is 4.72 Å². The Hall–Kier alpha value is -2.80. The molecular formula is C22H17Cl2NO4S. The molecule has 1 N–H and O–H groups in total. The summed E-state index contributed by atoms with van der Waals surface area (Å²) in [5.74, 6) is 0.522. The van der Waals surface area contributed by atoms with E-state index in [1.54, 1.807) is 25.3 Å². The molecule has 3 rings (SSSR count). The van der Waals surface area contributed by atoms with Crippen molar-refractivity contribution in [2.45, 2.75) is 4.90 Å². The Labute approximate surface area is 185 Å². The molecule has 0 saturated heterocycles. The van der Waals surface area contributed by atoms with Crippen LogP contribution < -0.4 is 9.46 Å². The van der Waals surface area contributed by atoms with Crippen molar-refractivity contribution in [2.75, 3.05) is 11.8 Å². The number of methoxy groups -OCH3 is 1. The topological polar surface area (TPSA) is 72.5 Å². The highest BCUT2D eigenvalue weighted by Crippen LogP contribution is 2.27. The number of rotatable bonds is 7. The molecule has 3 aromatic rings. The summed E-state index contributed by atoms with van der Waals surface area (Å²) in [6, 6.07) is 17.6. The van der Waals surface area contributed by atoms with Crippen molar-refractivity contribution in [1.29, 1.82) is 0 Å². The third-order valence-electron chi connectivity index (χ3n) is 4.15. The molecule has 0 saturated carbocycles. The summed E-state index contributed by atoms with van der Waals surface area (Å²) < 4.78 is 32.6.